The van der Waals surface area contributed by atoms with E-state index in [1.54, 1.807) is 19.1 Å². The predicted molar refractivity (Wildman–Crippen MR) is 164 cm³/mol. The van der Waals surface area contributed by atoms with Gasteiger partial charge in [-0.05, 0) is 99.3 Å². The zero-order valence-electron chi connectivity index (χ0n) is 23.3. The number of benzene rings is 3. The molecule has 0 aliphatic rings. The number of hydrogen-bond acceptors (Lipinski definition) is 4. The number of sulfonamides is 1. The van der Waals surface area contributed by atoms with Crippen molar-refractivity contribution in [3.05, 3.63) is 92.9 Å². The second kappa shape index (κ2) is 13.7. The Morgan fingerprint density at radius 3 is 2.15 bits per heavy atom. The Kier molecular flexibility index (Phi) is 10.8. The average Bonchev–Trinajstić information content (AvgIpc) is 2.92. The van der Waals surface area contributed by atoms with Gasteiger partial charge in [0.25, 0.3) is 10.0 Å². The topological polar surface area (TPSA) is 86.8 Å². The molecule has 1 N–H and O–H groups in total. The van der Waals surface area contributed by atoms with Crippen molar-refractivity contribution in [2.45, 2.75) is 64.6 Å². The molecule has 0 saturated heterocycles. The molecule has 214 valence electrons. The summed E-state index contributed by atoms with van der Waals surface area (Å²) < 4.78 is 29.8. The lowest BCUT2D eigenvalue weighted by Crippen LogP contribution is -2.52. The van der Waals surface area contributed by atoms with Gasteiger partial charge in [-0.3, -0.25) is 13.9 Å². The summed E-state index contributed by atoms with van der Waals surface area (Å²) in [5.74, 6) is -0.816. The van der Waals surface area contributed by atoms with Crippen LogP contribution in [-0.2, 0) is 26.2 Å². The second-order valence-corrected chi connectivity index (χ2v) is 13.1. The molecule has 0 bridgehead atoms. The molecule has 40 heavy (non-hydrogen) atoms. The van der Waals surface area contributed by atoms with E-state index in [-0.39, 0.29) is 23.4 Å². The van der Waals surface area contributed by atoms with Gasteiger partial charge in [-0.2, -0.15) is 0 Å². The maximum absolute atomic E-state index is 14.0. The van der Waals surface area contributed by atoms with Crippen LogP contribution in [0.25, 0.3) is 0 Å². The highest BCUT2D eigenvalue weighted by molar-refractivity contribution is 9.10. The summed E-state index contributed by atoms with van der Waals surface area (Å²) in [5, 5.41) is 3.33. The molecule has 3 aromatic rings. The van der Waals surface area contributed by atoms with Crippen LogP contribution in [0.1, 0.15) is 43.9 Å². The minimum absolute atomic E-state index is 0.00458. The Balaban J connectivity index is 2.04. The van der Waals surface area contributed by atoms with Crippen LogP contribution in [0.3, 0.4) is 0 Å². The quantitative estimate of drug-likeness (QED) is 0.267. The molecule has 3 rings (SSSR count). The number of nitrogens with one attached hydrogen (secondary N) is 1. The lowest BCUT2D eigenvalue weighted by Gasteiger charge is -2.32. The third kappa shape index (κ3) is 7.86. The molecule has 0 heterocycles. The SMILES string of the molecule is CCC(C)NC(=O)C(C)N(Cc1ccc(Br)cc1)C(=O)CN(c1ccc(C)c(C)c1)S(=O)(=O)c1ccc(Cl)cc1. The minimum atomic E-state index is -4.16. The summed E-state index contributed by atoms with van der Waals surface area (Å²) in [5.41, 5.74) is 3.03. The van der Waals surface area contributed by atoms with E-state index in [1.807, 2.05) is 58.0 Å². The minimum Gasteiger partial charge on any atom is -0.352 e. The first-order valence-corrected chi connectivity index (χ1v) is 15.6. The predicted octanol–water partition coefficient (Wildman–Crippen LogP) is 6.25. The van der Waals surface area contributed by atoms with Gasteiger partial charge >= 0.3 is 0 Å². The molecule has 10 heteroatoms. The highest BCUT2D eigenvalue weighted by Crippen LogP contribution is 2.27. The van der Waals surface area contributed by atoms with E-state index >= 15 is 0 Å². The van der Waals surface area contributed by atoms with Gasteiger partial charge in [0.2, 0.25) is 11.8 Å². The van der Waals surface area contributed by atoms with E-state index in [0.29, 0.717) is 10.7 Å². The number of halogens is 2. The number of carbonyl (C=O) groups is 2. The number of hydrogen-bond donors (Lipinski definition) is 1. The Morgan fingerprint density at radius 2 is 1.57 bits per heavy atom. The Morgan fingerprint density at radius 1 is 0.950 bits per heavy atom. The maximum atomic E-state index is 14.0. The van der Waals surface area contributed by atoms with Crippen molar-refractivity contribution in [3.63, 3.8) is 0 Å². The van der Waals surface area contributed by atoms with E-state index in [4.69, 9.17) is 11.6 Å². The summed E-state index contributed by atoms with van der Waals surface area (Å²) in [7, 11) is -4.16. The molecule has 7 nitrogen and oxygen atoms in total. The summed E-state index contributed by atoms with van der Waals surface area (Å²) in [4.78, 5) is 28.6. The maximum Gasteiger partial charge on any atom is 0.264 e. The van der Waals surface area contributed by atoms with Gasteiger partial charge in [0.1, 0.15) is 12.6 Å². The van der Waals surface area contributed by atoms with E-state index in [9.17, 15) is 18.0 Å². The van der Waals surface area contributed by atoms with Gasteiger partial charge in [0.05, 0.1) is 10.6 Å². The molecule has 3 aromatic carbocycles. The highest BCUT2D eigenvalue weighted by Gasteiger charge is 2.33. The molecule has 0 saturated carbocycles. The third-order valence-corrected chi connectivity index (χ3v) is 9.46. The zero-order chi connectivity index (χ0) is 29.6. The second-order valence-electron chi connectivity index (χ2n) is 9.88. The number of rotatable bonds is 11. The first-order valence-electron chi connectivity index (χ1n) is 13.0. The Bertz CT molecular complexity index is 1450. The Labute approximate surface area is 250 Å². The van der Waals surface area contributed by atoms with Crippen LogP contribution in [0, 0.1) is 13.8 Å². The van der Waals surface area contributed by atoms with Gasteiger partial charge in [0.15, 0.2) is 0 Å². The molecule has 2 amide bonds. The number of aryl methyl sites for hydroxylation is 2. The fourth-order valence-electron chi connectivity index (χ4n) is 3.98. The van der Waals surface area contributed by atoms with Crippen LogP contribution in [0.15, 0.2) is 76.1 Å². The van der Waals surface area contributed by atoms with Crippen molar-refractivity contribution >= 4 is 55.1 Å². The smallest absolute Gasteiger partial charge is 0.264 e. The first-order chi connectivity index (χ1) is 18.8. The van der Waals surface area contributed by atoms with E-state index in [2.05, 4.69) is 21.2 Å². The van der Waals surface area contributed by atoms with Crippen molar-refractivity contribution in [1.29, 1.82) is 0 Å². The number of amides is 2. The molecule has 0 aliphatic heterocycles. The molecule has 0 fully saturated rings. The number of carbonyl (C=O) groups excluding carboxylic acids is 2. The van der Waals surface area contributed by atoms with Crippen LogP contribution in [0.2, 0.25) is 5.02 Å². The van der Waals surface area contributed by atoms with E-state index in [0.717, 1.165) is 31.9 Å². The zero-order valence-corrected chi connectivity index (χ0v) is 26.5. The lowest BCUT2D eigenvalue weighted by molar-refractivity contribution is -0.139. The normalized spacial score (nSPS) is 12.9. The molecule has 2 atom stereocenters. The summed E-state index contributed by atoms with van der Waals surface area (Å²) in [6.45, 7) is 8.96. The van der Waals surface area contributed by atoms with E-state index in [1.165, 1.54) is 29.2 Å². The molecule has 0 radical (unpaired) electrons. The van der Waals surface area contributed by atoms with Gasteiger partial charge in [0, 0.05) is 22.1 Å². The van der Waals surface area contributed by atoms with Crippen LogP contribution < -0.4 is 9.62 Å². The number of anilines is 1. The van der Waals surface area contributed by atoms with Crippen molar-refractivity contribution in [3.8, 4) is 0 Å². The standard InChI is InChI=1S/C30H35BrClN3O4S/c1-6-22(4)33-30(37)23(5)34(18-24-8-10-25(31)11-9-24)29(36)19-35(27-14-7-20(2)21(3)17-27)40(38,39)28-15-12-26(32)13-16-28/h7-17,22-23H,6,18-19H2,1-5H3,(H,33,37). The fourth-order valence-corrected chi connectivity index (χ4v) is 5.77. The van der Waals surface area contributed by atoms with Crippen LogP contribution in [0.4, 0.5) is 5.69 Å². The van der Waals surface area contributed by atoms with Crippen molar-refractivity contribution in [2.75, 3.05) is 10.8 Å². The van der Waals surface area contributed by atoms with Gasteiger partial charge in [-0.15, -0.1) is 0 Å². The summed E-state index contributed by atoms with van der Waals surface area (Å²) >= 11 is 9.43. The van der Waals surface area contributed by atoms with Crippen LogP contribution >= 0.6 is 27.5 Å². The largest absolute Gasteiger partial charge is 0.352 e. The molecular weight excluding hydrogens is 614 g/mol. The molecular formula is C30H35BrClN3O4S. The number of nitrogens with zero attached hydrogens (tertiary/aromatic N) is 2. The molecule has 2 unspecified atom stereocenters. The molecule has 0 aromatic heterocycles. The third-order valence-electron chi connectivity index (χ3n) is 6.89. The molecule has 0 spiro atoms. The van der Waals surface area contributed by atoms with Crippen LogP contribution in [-0.4, -0.2) is 43.8 Å². The highest BCUT2D eigenvalue weighted by atomic mass is 79.9. The van der Waals surface area contributed by atoms with Crippen molar-refractivity contribution < 1.29 is 18.0 Å². The average molecular weight is 649 g/mol. The van der Waals surface area contributed by atoms with Crippen molar-refractivity contribution in [1.82, 2.24) is 10.2 Å². The summed E-state index contributed by atoms with van der Waals surface area (Å²) in [6, 6.07) is 17.6. The summed E-state index contributed by atoms with van der Waals surface area (Å²) in [6.07, 6.45) is 0.735. The van der Waals surface area contributed by atoms with Gasteiger partial charge < -0.3 is 10.2 Å². The van der Waals surface area contributed by atoms with Gasteiger partial charge in [-0.25, -0.2) is 8.42 Å². The first kappa shape index (κ1) is 31.6. The Hall–Kier alpha value is -2.88. The monoisotopic (exact) mass is 647 g/mol. The van der Waals surface area contributed by atoms with Gasteiger partial charge in [-0.1, -0.05) is 52.7 Å². The lowest BCUT2D eigenvalue weighted by atomic mass is 10.1. The van der Waals surface area contributed by atoms with Crippen molar-refractivity contribution in [2.24, 2.45) is 0 Å². The fraction of sp³-hybridized carbons (Fsp3) is 0.333. The van der Waals surface area contributed by atoms with E-state index < -0.39 is 28.5 Å². The van der Waals surface area contributed by atoms with Crippen LogP contribution in [0.5, 0.6) is 0 Å². The molecule has 0 aliphatic carbocycles.